The van der Waals surface area contributed by atoms with E-state index in [1.807, 2.05) is 73.7 Å². The lowest BCUT2D eigenvalue weighted by molar-refractivity contribution is -0.136. The second kappa shape index (κ2) is 15.7. The van der Waals surface area contributed by atoms with Gasteiger partial charge in [-0.25, -0.2) is 4.98 Å². The topological polar surface area (TPSA) is 119 Å². The number of nitrogens with one attached hydrogen (secondary N) is 1. The monoisotopic (exact) mass is 700 g/mol. The van der Waals surface area contributed by atoms with E-state index < -0.39 is 5.97 Å². The molecule has 1 unspecified atom stereocenters. The van der Waals surface area contributed by atoms with Crippen LogP contribution in [-0.4, -0.2) is 47.0 Å². The first-order chi connectivity index (χ1) is 23.8. The maximum Gasteiger partial charge on any atom is 0.309 e. The second-order valence-corrected chi connectivity index (χ2v) is 13.1. The Labute approximate surface area is 294 Å². The van der Waals surface area contributed by atoms with E-state index in [4.69, 9.17) is 35.7 Å². The van der Waals surface area contributed by atoms with Crippen molar-refractivity contribution in [3.05, 3.63) is 111 Å². The quantitative estimate of drug-likeness (QED) is 0.108. The van der Waals surface area contributed by atoms with Gasteiger partial charge in [-0.15, -0.1) is 11.3 Å². The fourth-order valence-electron chi connectivity index (χ4n) is 5.46. The van der Waals surface area contributed by atoms with E-state index in [-0.39, 0.29) is 25.7 Å². The summed E-state index contributed by atoms with van der Waals surface area (Å²) in [6.07, 6.45) is -0.114. The molecule has 0 saturated carbocycles. The van der Waals surface area contributed by atoms with E-state index in [0.29, 0.717) is 48.6 Å². The Balaban J connectivity index is 1.20. The third-order valence-corrected chi connectivity index (χ3v) is 9.40. The molecule has 4 aromatic carbocycles. The van der Waals surface area contributed by atoms with E-state index in [1.54, 1.807) is 5.38 Å². The molecule has 1 atom stereocenters. The fourth-order valence-corrected chi connectivity index (χ4v) is 6.52. The first kappa shape index (κ1) is 34.3. The van der Waals surface area contributed by atoms with Crippen molar-refractivity contribution in [1.29, 1.82) is 0 Å². The molecule has 0 spiro atoms. The number of ether oxygens (including phenoxy) is 4. The number of aromatic nitrogens is 1. The van der Waals surface area contributed by atoms with Gasteiger partial charge in [0.2, 0.25) is 0 Å². The van der Waals surface area contributed by atoms with Crippen molar-refractivity contribution in [2.45, 2.75) is 46.1 Å². The standard InChI is InChI=1S/C38H37ClN2O7S/c1-23(19-42)40-18-29-14-32(39)35(17-34(29)47-20-25-5-3-6-27(13-25)38-41-30(22-49-38)16-37(43)44)48-21-28-7-4-8-31(24(28)2)26-9-10-33-36(15-26)46-12-11-45-33/h3-10,13-15,17,22-23,40,42H,11-12,16,18-21H2,1-2H3,(H,43,44). The van der Waals surface area contributed by atoms with Crippen molar-refractivity contribution < 1.29 is 34.0 Å². The Morgan fingerprint density at radius 3 is 2.57 bits per heavy atom. The van der Waals surface area contributed by atoms with Crippen LogP contribution >= 0.6 is 22.9 Å². The minimum Gasteiger partial charge on any atom is -0.488 e. The van der Waals surface area contributed by atoms with E-state index in [1.165, 1.54) is 11.3 Å². The van der Waals surface area contributed by atoms with Gasteiger partial charge in [0.05, 0.1) is 23.7 Å². The number of nitrogens with zero attached hydrogens (tertiary/aromatic N) is 1. The maximum absolute atomic E-state index is 11.1. The van der Waals surface area contributed by atoms with Gasteiger partial charge in [-0.05, 0) is 65.9 Å². The van der Waals surface area contributed by atoms with Crippen molar-refractivity contribution >= 4 is 28.9 Å². The summed E-state index contributed by atoms with van der Waals surface area (Å²) in [6.45, 7) is 6.03. The lowest BCUT2D eigenvalue weighted by Crippen LogP contribution is -2.28. The first-order valence-electron chi connectivity index (χ1n) is 15.9. The Morgan fingerprint density at radius 1 is 0.959 bits per heavy atom. The highest BCUT2D eigenvalue weighted by Gasteiger charge is 2.17. The normalized spacial score (nSPS) is 12.8. The van der Waals surface area contributed by atoms with Gasteiger partial charge >= 0.3 is 5.97 Å². The molecule has 9 nitrogen and oxygen atoms in total. The SMILES string of the molecule is Cc1c(COc2cc(OCc3cccc(-c4nc(CC(=O)O)cs4)c3)c(CNC(C)CO)cc2Cl)cccc1-c1ccc2c(c1)OCCO2. The Bertz CT molecular complexity index is 1950. The molecule has 11 heteroatoms. The van der Waals surface area contributed by atoms with Crippen molar-refractivity contribution in [3.63, 3.8) is 0 Å². The Hall–Kier alpha value is -4.61. The number of hydrogen-bond donors (Lipinski definition) is 3. The largest absolute Gasteiger partial charge is 0.488 e. The smallest absolute Gasteiger partial charge is 0.309 e. The molecule has 5 aromatic rings. The van der Waals surface area contributed by atoms with Crippen LogP contribution in [0, 0.1) is 6.92 Å². The fraction of sp³-hybridized carbons (Fsp3) is 0.263. The van der Waals surface area contributed by atoms with Gasteiger partial charge in [0.25, 0.3) is 0 Å². The molecule has 0 saturated heterocycles. The molecule has 3 N–H and O–H groups in total. The zero-order valence-electron chi connectivity index (χ0n) is 27.2. The van der Waals surface area contributed by atoms with Crippen LogP contribution in [0.25, 0.3) is 21.7 Å². The summed E-state index contributed by atoms with van der Waals surface area (Å²) in [7, 11) is 0. The molecule has 2 heterocycles. The number of hydrogen-bond acceptors (Lipinski definition) is 9. The van der Waals surface area contributed by atoms with Crippen LogP contribution in [0.4, 0.5) is 0 Å². The summed E-state index contributed by atoms with van der Waals surface area (Å²) in [5.41, 5.74) is 7.36. The number of aliphatic hydroxyl groups excluding tert-OH is 1. The minimum atomic E-state index is -0.913. The molecule has 1 aliphatic rings. The van der Waals surface area contributed by atoms with E-state index in [2.05, 4.69) is 23.3 Å². The van der Waals surface area contributed by atoms with Gasteiger partial charge < -0.3 is 34.5 Å². The van der Waals surface area contributed by atoms with Gasteiger partial charge in [0, 0.05) is 35.2 Å². The van der Waals surface area contributed by atoms with Crippen LogP contribution in [0.1, 0.15) is 34.9 Å². The molecular formula is C38H37ClN2O7S. The van der Waals surface area contributed by atoms with E-state index >= 15 is 0 Å². The number of carboxylic acid groups (broad SMARTS) is 1. The molecular weight excluding hydrogens is 664 g/mol. The molecule has 254 valence electrons. The van der Waals surface area contributed by atoms with Gasteiger partial charge in [-0.2, -0.15) is 0 Å². The predicted molar refractivity (Wildman–Crippen MR) is 190 cm³/mol. The number of carbonyl (C=O) groups is 1. The number of halogens is 1. The van der Waals surface area contributed by atoms with Crippen molar-refractivity contribution in [3.8, 4) is 44.7 Å². The molecule has 0 bridgehead atoms. The average Bonchev–Trinajstić information content (AvgIpc) is 3.58. The van der Waals surface area contributed by atoms with Crippen LogP contribution in [0.2, 0.25) is 5.02 Å². The molecule has 1 aromatic heterocycles. The molecule has 0 radical (unpaired) electrons. The molecule has 6 rings (SSSR count). The van der Waals surface area contributed by atoms with Crippen molar-refractivity contribution in [2.75, 3.05) is 19.8 Å². The van der Waals surface area contributed by atoms with Crippen molar-refractivity contribution in [1.82, 2.24) is 10.3 Å². The predicted octanol–water partition coefficient (Wildman–Crippen LogP) is 7.47. The number of benzene rings is 4. The highest BCUT2D eigenvalue weighted by atomic mass is 35.5. The Morgan fingerprint density at radius 2 is 1.76 bits per heavy atom. The maximum atomic E-state index is 11.1. The summed E-state index contributed by atoms with van der Waals surface area (Å²) in [4.78, 5) is 15.6. The number of fused-ring (bicyclic) bond motifs is 1. The minimum absolute atomic E-state index is 0.00643. The number of thiazole rings is 1. The molecule has 1 aliphatic heterocycles. The summed E-state index contributed by atoms with van der Waals surface area (Å²) in [5, 5.41) is 24.9. The van der Waals surface area contributed by atoms with Crippen molar-refractivity contribution in [2.24, 2.45) is 0 Å². The molecule has 0 amide bonds. The summed E-state index contributed by atoms with van der Waals surface area (Å²) >= 11 is 8.17. The van der Waals surface area contributed by atoms with Gasteiger partial charge in [-0.1, -0.05) is 54.1 Å². The number of rotatable bonds is 14. The first-order valence-corrected chi connectivity index (χ1v) is 17.2. The number of carboxylic acids is 1. The average molecular weight is 701 g/mol. The highest BCUT2D eigenvalue weighted by molar-refractivity contribution is 7.13. The molecule has 49 heavy (non-hydrogen) atoms. The number of aliphatic hydroxyl groups is 1. The number of aliphatic carboxylic acids is 1. The van der Waals surface area contributed by atoms with Crippen LogP contribution in [0.5, 0.6) is 23.0 Å². The van der Waals surface area contributed by atoms with E-state index in [9.17, 15) is 9.90 Å². The summed E-state index contributed by atoms with van der Waals surface area (Å²) < 4.78 is 24.2. The highest BCUT2D eigenvalue weighted by Crippen LogP contribution is 2.38. The van der Waals surface area contributed by atoms with Gasteiger partial charge in [0.15, 0.2) is 11.5 Å². The summed E-state index contributed by atoms with van der Waals surface area (Å²) in [5.74, 6) is 1.67. The zero-order chi connectivity index (χ0) is 34.3. The van der Waals surface area contributed by atoms with E-state index in [0.717, 1.165) is 55.5 Å². The van der Waals surface area contributed by atoms with Crippen LogP contribution in [0.3, 0.4) is 0 Å². The third kappa shape index (κ3) is 8.52. The summed E-state index contributed by atoms with van der Waals surface area (Å²) in [6, 6.07) is 23.5. The van der Waals surface area contributed by atoms with Gasteiger partial charge in [-0.3, -0.25) is 4.79 Å². The molecule has 0 fully saturated rings. The third-order valence-electron chi connectivity index (χ3n) is 8.16. The lowest BCUT2D eigenvalue weighted by atomic mass is 9.96. The van der Waals surface area contributed by atoms with Crippen LogP contribution in [-0.2, 0) is 31.0 Å². The lowest BCUT2D eigenvalue weighted by Gasteiger charge is -2.20. The Kier molecular flexibility index (Phi) is 11.0. The van der Waals surface area contributed by atoms with Gasteiger partial charge in [0.1, 0.15) is 42.9 Å². The van der Waals surface area contributed by atoms with Crippen LogP contribution < -0.4 is 24.3 Å². The second-order valence-electron chi connectivity index (χ2n) is 11.8. The van der Waals surface area contributed by atoms with Crippen LogP contribution in [0.15, 0.2) is 78.2 Å². The molecule has 0 aliphatic carbocycles. The zero-order valence-corrected chi connectivity index (χ0v) is 28.8.